The van der Waals surface area contributed by atoms with Crippen LogP contribution in [0.1, 0.15) is 21.5 Å². The number of anilines is 2. The summed E-state index contributed by atoms with van der Waals surface area (Å²) in [6.45, 7) is 1.16. The summed E-state index contributed by atoms with van der Waals surface area (Å²) in [5.41, 5.74) is 2.30. The Morgan fingerprint density at radius 2 is 1.62 bits per heavy atom. The number of carboxylic acids is 1. The van der Waals surface area contributed by atoms with E-state index in [1.807, 2.05) is 60.5 Å². The molecule has 0 amide bonds. The van der Waals surface area contributed by atoms with Crippen LogP contribution in [0.25, 0.3) is 0 Å². The molecular formula is C30H29N3O4. The average Bonchev–Trinajstić information content (AvgIpc) is 2.94. The van der Waals surface area contributed by atoms with Crippen LogP contribution < -0.4 is 15.0 Å². The third-order valence-electron chi connectivity index (χ3n) is 5.93. The summed E-state index contributed by atoms with van der Waals surface area (Å²) in [6, 6.07) is 28.1. The molecule has 0 aliphatic carbocycles. The maximum Gasteiger partial charge on any atom is 0.326 e. The minimum Gasteiger partial charge on any atom is -0.492 e. The normalized spacial score (nSPS) is 11.4. The van der Waals surface area contributed by atoms with Gasteiger partial charge < -0.3 is 20.1 Å². The van der Waals surface area contributed by atoms with Crippen LogP contribution in [0.5, 0.6) is 5.75 Å². The molecule has 0 bridgehead atoms. The number of likely N-dealkylation sites (N-methyl/N-ethyl adjacent to an activating group) is 1. The van der Waals surface area contributed by atoms with Crippen molar-refractivity contribution in [3.63, 3.8) is 0 Å². The third kappa shape index (κ3) is 6.95. The van der Waals surface area contributed by atoms with Crippen LogP contribution >= 0.6 is 0 Å². The summed E-state index contributed by atoms with van der Waals surface area (Å²) >= 11 is 0. The lowest BCUT2D eigenvalue weighted by atomic mass is 10.00. The summed E-state index contributed by atoms with van der Waals surface area (Å²) in [5.74, 6) is 0.417. The molecule has 1 atom stereocenters. The number of ether oxygens (including phenoxy) is 1. The number of carbonyl (C=O) groups is 2. The second-order valence-electron chi connectivity index (χ2n) is 8.58. The Kier molecular flexibility index (Phi) is 8.49. The van der Waals surface area contributed by atoms with Gasteiger partial charge in [-0.2, -0.15) is 0 Å². The van der Waals surface area contributed by atoms with E-state index >= 15 is 0 Å². The van der Waals surface area contributed by atoms with Gasteiger partial charge in [-0.25, -0.2) is 9.78 Å². The van der Waals surface area contributed by atoms with Crippen LogP contribution in [0, 0.1) is 0 Å². The summed E-state index contributed by atoms with van der Waals surface area (Å²) in [5, 5.41) is 12.9. The predicted molar refractivity (Wildman–Crippen MR) is 145 cm³/mol. The van der Waals surface area contributed by atoms with Crippen LogP contribution in [0.15, 0.2) is 103 Å². The molecule has 4 rings (SSSR count). The molecule has 0 radical (unpaired) electrons. The van der Waals surface area contributed by atoms with Crippen LogP contribution in [0.3, 0.4) is 0 Å². The molecule has 188 valence electrons. The lowest BCUT2D eigenvalue weighted by Gasteiger charge is -2.19. The lowest BCUT2D eigenvalue weighted by Crippen LogP contribution is -2.32. The summed E-state index contributed by atoms with van der Waals surface area (Å²) < 4.78 is 5.85. The van der Waals surface area contributed by atoms with Crippen LogP contribution in [-0.4, -0.2) is 48.1 Å². The van der Waals surface area contributed by atoms with Crippen LogP contribution in [0.4, 0.5) is 11.5 Å². The zero-order chi connectivity index (χ0) is 26.0. The number of pyridine rings is 1. The fraction of sp³-hybridized carbons (Fsp3) is 0.167. The van der Waals surface area contributed by atoms with Crippen molar-refractivity contribution in [2.75, 3.05) is 30.4 Å². The van der Waals surface area contributed by atoms with E-state index in [2.05, 4.69) is 10.3 Å². The highest BCUT2D eigenvalue weighted by Crippen LogP contribution is 2.22. The van der Waals surface area contributed by atoms with E-state index in [1.165, 1.54) is 0 Å². The van der Waals surface area contributed by atoms with E-state index in [-0.39, 0.29) is 12.2 Å². The molecule has 3 aromatic carbocycles. The Labute approximate surface area is 216 Å². The first kappa shape index (κ1) is 25.4. The van der Waals surface area contributed by atoms with Gasteiger partial charge in [-0.3, -0.25) is 4.79 Å². The molecule has 4 aromatic rings. The smallest absolute Gasteiger partial charge is 0.326 e. The molecular weight excluding hydrogens is 466 g/mol. The van der Waals surface area contributed by atoms with Gasteiger partial charge in [-0.15, -0.1) is 0 Å². The average molecular weight is 496 g/mol. The van der Waals surface area contributed by atoms with Gasteiger partial charge in [-0.05, 0) is 42.0 Å². The van der Waals surface area contributed by atoms with Gasteiger partial charge in [0.15, 0.2) is 5.78 Å². The molecule has 0 aliphatic rings. The highest BCUT2D eigenvalue weighted by atomic mass is 16.5. The minimum absolute atomic E-state index is 0.164. The van der Waals surface area contributed by atoms with Gasteiger partial charge in [0.05, 0.1) is 6.54 Å². The SMILES string of the molecule is CN(CCOc1ccc(C[C@@H](Nc2ccccc2C(=O)c2ccccc2)C(=O)O)cc1)c1ccccn1. The van der Waals surface area contributed by atoms with E-state index in [0.717, 1.165) is 11.4 Å². The molecule has 7 heteroatoms. The van der Waals surface area contributed by atoms with Crippen molar-refractivity contribution in [3.05, 3.63) is 120 Å². The Balaban J connectivity index is 1.37. The Bertz CT molecular complexity index is 1310. The number of rotatable bonds is 12. The van der Waals surface area contributed by atoms with Gasteiger partial charge in [-0.1, -0.05) is 60.7 Å². The fourth-order valence-electron chi connectivity index (χ4n) is 3.89. The fourth-order valence-corrected chi connectivity index (χ4v) is 3.89. The van der Waals surface area contributed by atoms with Gasteiger partial charge in [0.1, 0.15) is 24.2 Å². The topological polar surface area (TPSA) is 91.8 Å². The number of hydrogen-bond donors (Lipinski definition) is 2. The molecule has 0 saturated heterocycles. The number of nitrogens with zero attached hydrogens (tertiary/aromatic N) is 2. The number of aliphatic carboxylic acids is 1. The first-order valence-electron chi connectivity index (χ1n) is 12.0. The predicted octanol–water partition coefficient (Wildman–Crippen LogP) is 4.94. The van der Waals surface area contributed by atoms with Crippen molar-refractivity contribution < 1.29 is 19.4 Å². The molecule has 0 fully saturated rings. The van der Waals surface area contributed by atoms with Crippen LogP contribution in [0.2, 0.25) is 0 Å². The van der Waals surface area contributed by atoms with E-state index < -0.39 is 12.0 Å². The van der Waals surface area contributed by atoms with E-state index in [9.17, 15) is 14.7 Å². The van der Waals surface area contributed by atoms with Crippen LogP contribution in [-0.2, 0) is 11.2 Å². The van der Waals surface area contributed by atoms with Crippen molar-refractivity contribution in [3.8, 4) is 5.75 Å². The molecule has 37 heavy (non-hydrogen) atoms. The third-order valence-corrected chi connectivity index (χ3v) is 5.93. The zero-order valence-electron chi connectivity index (χ0n) is 20.6. The number of ketones is 1. The maximum atomic E-state index is 13.0. The Hall–Kier alpha value is -4.65. The number of benzene rings is 3. The standard InChI is InChI=1S/C30H29N3O4/c1-33(28-13-7-8-18-31-28)19-20-37-24-16-14-22(15-17-24)21-27(30(35)36)32-26-12-6-5-11-25(26)29(34)23-9-3-2-4-10-23/h2-18,27,32H,19-21H2,1H3,(H,35,36)/t27-/m1/s1. The van der Waals surface area contributed by atoms with E-state index in [4.69, 9.17) is 4.74 Å². The summed E-state index contributed by atoms with van der Waals surface area (Å²) in [7, 11) is 1.96. The lowest BCUT2D eigenvalue weighted by molar-refractivity contribution is -0.137. The number of aromatic nitrogens is 1. The molecule has 7 nitrogen and oxygen atoms in total. The number of nitrogens with one attached hydrogen (secondary N) is 1. The highest BCUT2D eigenvalue weighted by molar-refractivity contribution is 6.12. The number of carbonyl (C=O) groups excluding carboxylic acids is 1. The minimum atomic E-state index is -1.00. The first-order chi connectivity index (χ1) is 18.0. The number of hydrogen-bond acceptors (Lipinski definition) is 6. The van der Waals surface area contributed by atoms with Gasteiger partial charge in [0.25, 0.3) is 0 Å². The molecule has 1 heterocycles. The van der Waals surface area contributed by atoms with Crippen molar-refractivity contribution in [1.29, 1.82) is 0 Å². The molecule has 2 N–H and O–H groups in total. The molecule has 0 spiro atoms. The largest absolute Gasteiger partial charge is 0.492 e. The van der Waals surface area contributed by atoms with Crippen molar-refractivity contribution in [2.45, 2.75) is 12.5 Å². The first-order valence-corrected chi connectivity index (χ1v) is 12.0. The van der Waals surface area contributed by atoms with Crippen molar-refractivity contribution >= 4 is 23.3 Å². The Morgan fingerprint density at radius 1 is 0.919 bits per heavy atom. The second kappa shape index (κ2) is 12.4. The maximum absolute atomic E-state index is 13.0. The molecule has 0 unspecified atom stereocenters. The van der Waals surface area contributed by atoms with Gasteiger partial charge in [0, 0.05) is 36.5 Å². The zero-order valence-corrected chi connectivity index (χ0v) is 20.6. The number of carboxylic acid groups (broad SMARTS) is 1. The monoisotopic (exact) mass is 495 g/mol. The van der Waals surface area contributed by atoms with Crippen molar-refractivity contribution in [1.82, 2.24) is 4.98 Å². The second-order valence-corrected chi connectivity index (χ2v) is 8.58. The highest BCUT2D eigenvalue weighted by Gasteiger charge is 2.21. The summed E-state index contributed by atoms with van der Waals surface area (Å²) in [4.78, 5) is 31.4. The quantitative estimate of drug-likeness (QED) is 0.269. The van der Waals surface area contributed by atoms with Gasteiger partial charge >= 0.3 is 5.97 Å². The molecule has 1 aromatic heterocycles. The molecule has 0 aliphatic heterocycles. The van der Waals surface area contributed by atoms with Gasteiger partial charge in [0.2, 0.25) is 0 Å². The summed E-state index contributed by atoms with van der Waals surface area (Å²) in [6.07, 6.45) is 2.00. The van der Waals surface area contributed by atoms with E-state index in [1.54, 1.807) is 54.7 Å². The van der Waals surface area contributed by atoms with Crippen molar-refractivity contribution in [2.24, 2.45) is 0 Å². The molecule has 0 saturated carbocycles. The number of para-hydroxylation sites is 1. The van der Waals surface area contributed by atoms with E-state index in [0.29, 0.717) is 35.7 Å². The Morgan fingerprint density at radius 3 is 2.32 bits per heavy atom.